The van der Waals surface area contributed by atoms with Crippen molar-refractivity contribution < 1.29 is 9.53 Å². The third-order valence-corrected chi connectivity index (χ3v) is 2.97. The number of carbonyl (C=O) groups excluding carboxylic acids is 1. The van der Waals surface area contributed by atoms with Gasteiger partial charge in [0.05, 0.1) is 12.5 Å². The van der Waals surface area contributed by atoms with Gasteiger partial charge in [0.2, 0.25) is 0 Å². The average Bonchev–Trinajstić information content (AvgIpc) is 2.21. The normalized spacial score (nSPS) is 11.3. The first-order chi connectivity index (χ1) is 7.36. The van der Waals surface area contributed by atoms with Crippen molar-refractivity contribution in [3.63, 3.8) is 0 Å². The zero-order valence-corrected chi connectivity index (χ0v) is 11.1. The van der Waals surface area contributed by atoms with E-state index in [0.717, 1.165) is 16.0 Å². The molecule has 1 rings (SSSR count). The van der Waals surface area contributed by atoms with Crippen LogP contribution in [0.25, 0.3) is 0 Å². The molecule has 0 N–H and O–H groups in total. The maximum absolute atomic E-state index is 11.6. The highest BCUT2D eigenvalue weighted by molar-refractivity contribution is 7.80. The molecule has 16 heavy (non-hydrogen) atoms. The molecule has 0 heterocycles. The molecule has 0 atom stereocenters. The van der Waals surface area contributed by atoms with Gasteiger partial charge in [-0.25, -0.2) is 0 Å². The van der Waals surface area contributed by atoms with Crippen molar-refractivity contribution in [2.45, 2.75) is 32.1 Å². The Labute approximate surface area is 102 Å². The number of ether oxygens (including phenoxy) is 1. The fourth-order valence-corrected chi connectivity index (χ4v) is 1.97. The molecule has 3 heteroatoms. The minimum Gasteiger partial charge on any atom is -0.469 e. The fraction of sp³-hybridized carbons (Fsp3) is 0.462. The van der Waals surface area contributed by atoms with Gasteiger partial charge in [-0.3, -0.25) is 4.79 Å². The molecule has 0 spiro atoms. The van der Waals surface area contributed by atoms with Gasteiger partial charge in [-0.2, -0.15) is 0 Å². The van der Waals surface area contributed by atoms with Crippen molar-refractivity contribution >= 4 is 18.6 Å². The maximum Gasteiger partial charge on any atom is 0.311 e. The minimum absolute atomic E-state index is 0.179. The summed E-state index contributed by atoms with van der Waals surface area (Å²) in [5, 5.41) is 0. The molecule has 0 unspecified atom stereocenters. The molecule has 0 bridgehead atoms. The lowest BCUT2D eigenvalue weighted by atomic mass is 9.84. The standard InChI is InChI=1S/C13H18O2S/c1-9-7-11(16)6-5-10(9)8-13(2,3)12(14)15-4/h5-7,16H,8H2,1-4H3. The van der Waals surface area contributed by atoms with Gasteiger partial charge < -0.3 is 4.74 Å². The Kier molecular flexibility index (Phi) is 4.03. The van der Waals surface area contributed by atoms with Crippen LogP contribution >= 0.6 is 12.6 Å². The second-order valence-electron chi connectivity index (χ2n) is 4.66. The molecule has 0 aliphatic rings. The number of aryl methyl sites for hydroxylation is 1. The summed E-state index contributed by atoms with van der Waals surface area (Å²) < 4.78 is 4.80. The lowest BCUT2D eigenvalue weighted by Gasteiger charge is -2.22. The summed E-state index contributed by atoms with van der Waals surface area (Å²) in [4.78, 5) is 12.5. The minimum atomic E-state index is -0.488. The molecule has 0 saturated carbocycles. The van der Waals surface area contributed by atoms with Crippen LogP contribution in [0.5, 0.6) is 0 Å². The first-order valence-electron chi connectivity index (χ1n) is 5.24. The van der Waals surface area contributed by atoms with E-state index in [1.807, 2.05) is 39.0 Å². The third kappa shape index (κ3) is 3.01. The van der Waals surface area contributed by atoms with E-state index >= 15 is 0 Å². The van der Waals surface area contributed by atoms with E-state index < -0.39 is 5.41 Å². The van der Waals surface area contributed by atoms with Crippen molar-refractivity contribution in [3.8, 4) is 0 Å². The summed E-state index contributed by atoms with van der Waals surface area (Å²) in [6.45, 7) is 5.82. The molecule has 0 amide bonds. The topological polar surface area (TPSA) is 26.3 Å². The van der Waals surface area contributed by atoms with E-state index in [1.54, 1.807) is 0 Å². The van der Waals surface area contributed by atoms with Gasteiger partial charge in [0.25, 0.3) is 0 Å². The number of esters is 1. The SMILES string of the molecule is COC(=O)C(C)(C)Cc1ccc(S)cc1C. The molecule has 88 valence electrons. The molecule has 0 aromatic heterocycles. The summed E-state index contributed by atoms with van der Waals surface area (Å²) in [6, 6.07) is 5.97. The zero-order chi connectivity index (χ0) is 12.3. The van der Waals surface area contributed by atoms with Crippen LogP contribution in [-0.4, -0.2) is 13.1 Å². The van der Waals surface area contributed by atoms with Crippen LogP contribution in [-0.2, 0) is 16.0 Å². The van der Waals surface area contributed by atoms with Crippen LogP contribution in [0.15, 0.2) is 23.1 Å². The molecule has 0 aliphatic carbocycles. The summed E-state index contributed by atoms with van der Waals surface area (Å²) in [5.74, 6) is -0.179. The van der Waals surface area contributed by atoms with Crippen LogP contribution in [0, 0.1) is 12.3 Å². The Morgan fingerprint density at radius 2 is 2.06 bits per heavy atom. The Bertz CT molecular complexity index is 397. The molecule has 0 aliphatic heterocycles. The fourth-order valence-electron chi connectivity index (χ4n) is 1.70. The first kappa shape index (κ1) is 13.1. The van der Waals surface area contributed by atoms with Crippen molar-refractivity contribution in [2.75, 3.05) is 7.11 Å². The smallest absolute Gasteiger partial charge is 0.311 e. The number of thiol groups is 1. The number of carbonyl (C=O) groups is 1. The molecule has 1 aromatic rings. The largest absolute Gasteiger partial charge is 0.469 e. The van der Waals surface area contributed by atoms with E-state index in [4.69, 9.17) is 4.74 Å². The van der Waals surface area contributed by atoms with E-state index in [1.165, 1.54) is 7.11 Å². The van der Waals surface area contributed by atoms with Gasteiger partial charge in [0.15, 0.2) is 0 Å². The highest BCUT2D eigenvalue weighted by Gasteiger charge is 2.29. The monoisotopic (exact) mass is 238 g/mol. The number of methoxy groups -OCH3 is 1. The number of benzene rings is 1. The lowest BCUT2D eigenvalue weighted by molar-refractivity contribution is -0.150. The van der Waals surface area contributed by atoms with Gasteiger partial charge >= 0.3 is 5.97 Å². The van der Waals surface area contributed by atoms with E-state index in [0.29, 0.717) is 6.42 Å². The van der Waals surface area contributed by atoms with Crippen LogP contribution < -0.4 is 0 Å². The van der Waals surface area contributed by atoms with E-state index in [2.05, 4.69) is 12.6 Å². The van der Waals surface area contributed by atoms with Crippen LogP contribution in [0.4, 0.5) is 0 Å². The predicted octanol–water partition coefficient (Wildman–Crippen LogP) is 3.03. The second kappa shape index (κ2) is 4.91. The van der Waals surface area contributed by atoms with Gasteiger partial charge in [0, 0.05) is 4.90 Å². The highest BCUT2D eigenvalue weighted by Crippen LogP contribution is 2.26. The van der Waals surface area contributed by atoms with Gasteiger partial charge in [-0.05, 0) is 50.5 Å². The zero-order valence-electron chi connectivity index (χ0n) is 10.2. The lowest BCUT2D eigenvalue weighted by Crippen LogP contribution is -2.28. The molecular formula is C13H18O2S. The van der Waals surface area contributed by atoms with E-state index in [-0.39, 0.29) is 5.97 Å². The van der Waals surface area contributed by atoms with Crippen molar-refractivity contribution in [1.29, 1.82) is 0 Å². The Hall–Kier alpha value is -0.960. The Morgan fingerprint density at radius 1 is 1.44 bits per heavy atom. The van der Waals surface area contributed by atoms with Crippen LogP contribution in [0.3, 0.4) is 0 Å². The second-order valence-corrected chi connectivity index (χ2v) is 5.18. The number of hydrogen-bond acceptors (Lipinski definition) is 3. The molecule has 2 nitrogen and oxygen atoms in total. The van der Waals surface area contributed by atoms with E-state index in [9.17, 15) is 4.79 Å². The van der Waals surface area contributed by atoms with Crippen molar-refractivity contribution in [1.82, 2.24) is 0 Å². The Balaban J connectivity index is 2.92. The first-order valence-corrected chi connectivity index (χ1v) is 5.68. The Morgan fingerprint density at radius 3 is 2.56 bits per heavy atom. The van der Waals surface area contributed by atoms with Crippen molar-refractivity contribution in [2.24, 2.45) is 5.41 Å². The summed E-state index contributed by atoms with van der Waals surface area (Å²) in [6.07, 6.45) is 0.680. The van der Waals surface area contributed by atoms with Gasteiger partial charge in [-0.15, -0.1) is 12.6 Å². The summed E-state index contributed by atoms with van der Waals surface area (Å²) >= 11 is 4.28. The summed E-state index contributed by atoms with van der Waals surface area (Å²) in [5.41, 5.74) is 1.83. The summed E-state index contributed by atoms with van der Waals surface area (Å²) in [7, 11) is 1.42. The molecular weight excluding hydrogens is 220 g/mol. The number of rotatable bonds is 3. The van der Waals surface area contributed by atoms with Crippen molar-refractivity contribution in [3.05, 3.63) is 29.3 Å². The van der Waals surface area contributed by atoms with Crippen LogP contribution in [0.2, 0.25) is 0 Å². The molecule has 0 saturated heterocycles. The predicted molar refractivity (Wildman–Crippen MR) is 67.9 cm³/mol. The van der Waals surface area contributed by atoms with Crippen LogP contribution in [0.1, 0.15) is 25.0 Å². The van der Waals surface area contributed by atoms with Gasteiger partial charge in [-0.1, -0.05) is 6.07 Å². The molecule has 0 radical (unpaired) electrons. The third-order valence-electron chi connectivity index (χ3n) is 2.70. The van der Waals surface area contributed by atoms with Gasteiger partial charge in [0.1, 0.15) is 0 Å². The average molecular weight is 238 g/mol. The number of hydrogen-bond donors (Lipinski definition) is 1. The molecule has 0 fully saturated rings. The quantitative estimate of drug-likeness (QED) is 0.647. The maximum atomic E-state index is 11.6. The molecule has 1 aromatic carbocycles. The highest BCUT2D eigenvalue weighted by atomic mass is 32.1.